The van der Waals surface area contributed by atoms with E-state index >= 15 is 0 Å². The molecular weight excluding hydrogens is 532 g/mol. The predicted octanol–water partition coefficient (Wildman–Crippen LogP) is 5.15. The molecule has 2 aromatic heterocycles. The molecular formula is C32H32N6O2S. The van der Waals surface area contributed by atoms with E-state index < -0.39 is 10.0 Å². The second-order valence-electron chi connectivity index (χ2n) is 10.3. The monoisotopic (exact) mass is 564 g/mol. The highest BCUT2D eigenvalue weighted by Gasteiger charge is 2.28. The molecule has 0 spiro atoms. The molecule has 0 N–H and O–H groups in total. The molecule has 3 heterocycles. The van der Waals surface area contributed by atoms with Gasteiger partial charge in [-0.2, -0.15) is 9.40 Å². The third kappa shape index (κ3) is 5.77. The maximum Gasteiger partial charge on any atom is 0.236 e. The molecule has 0 radical (unpaired) electrons. The van der Waals surface area contributed by atoms with Crippen LogP contribution in [0.2, 0.25) is 0 Å². The van der Waals surface area contributed by atoms with Crippen molar-refractivity contribution in [3.63, 3.8) is 0 Å². The number of piperazine rings is 1. The molecule has 208 valence electrons. The zero-order chi connectivity index (χ0) is 28.4. The van der Waals surface area contributed by atoms with Gasteiger partial charge in [-0.1, -0.05) is 78.4 Å². The number of hydrogen-bond acceptors (Lipinski definition) is 6. The first kappa shape index (κ1) is 26.9. The van der Waals surface area contributed by atoms with Gasteiger partial charge in [0.25, 0.3) is 0 Å². The van der Waals surface area contributed by atoms with E-state index in [2.05, 4.69) is 36.1 Å². The number of hydrogen-bond donors (Lipinski definition) is 0. The highest BCUT2D eigenvalue weighted by atomic mass is 32.2. The maximum absolute atomic E-state index is 13.1. The first-order valence-corrected chi connectivity index (χ1v) is 15.2. The normalized spacial score (nSPS) is 14.7. The van der Waals surface area contributed by atoms with Gasteiger partial charge in [-0.3, -0.25) is 0 Å². The molecule has 5 aromatic rings. The molecule has 1 aliphatic heterocycles. The van der Waals surface area contributed by atoms with Gasteiger partial charge in [-0.05, 0) is 43.2 Å². The molecule has 41 heavy (non-hydrogen) atoms. The lowest BCUT2D eigenvalue weighted by atomic mass is 10.1. The van der Waals surface area contributed by atoms with E-state index in [0.717, 1.165) is 39.4 Å². The second kappa shape index (κ2) is 11.3. The lowest BCUT2D eigenvalue weighted by molar-refractivity contribution is 0.389. The van der Waals surface area contributed by atoms with Crippen molar-refractivity contribution in [3.05, 3.63) is 119 Å². The highest BCUT2D eigenvalue weighted by molar-refractivity contribution is 7.92. The number of anilines is 1. The van der Waals surface area contributed by atoms with Gasteiger partial charge >= 0.3 is 0 Å². The van der Waals surface area contributed by atoms with Gasteiger partial charge in [-0.25, -0.2) is 23.1 Å². The Bertz CT molecular complexity index is 1790. The van der Waals surface area contributed by atoms with Crippen LogP contribution in [-0.4, -0.2) is 58.7 Å². The van der Waals surface area contributed by atoms with Crippen molar-refractivity contribution in [1.82, 2.24) is 24.1 Å². The minimum Gasteiger partial charge on any atom is -0.353 e. The number of nitrogens with zero attached hydrogens (tertiary/aromatic N) is 6. The van der Waals surface area contributed by atoms with Gasteiger partial charge in [0.05, 0.1) is 16.8 Å². The van der Waals surface area contributed by atoms with E-state index in [0.29, 0.717) is 38.4 Å². The molecule has 8 nitrogen and oxygen atoms in total. The van der Waals surface area contributed by atoms with Crippen LogP contribution in [0, 0.1) is 13.8 Å². The SMILES string of the molecule is Cc1ccc(Cc2nc(N3CCN(S(=O)(=O)/C=C/c4ccccc4)CC3)c3c(C)nn(-c4ccccc4)c3n2)cc1. The Hall–Kier alpha value is -4.34. The van der Waals surface area contributed by atoms with Crippen molar-refractivity contribution in [2.24, 2.45) is 0 Å². The standard InChI is InChI=1S/C32H32N6O2S/c1-24-13-15-27(16-14-24)23-29-33-31(30-25(2)35-38(32(30)34-29)28-11-7-4-8-12-28)36-18-20-37(21-19-36)41(39,40)22-17-26-9-5-3-6-10-26/h3-17,22H,18-21,23H2,1-2H3/b22-17+. The minimum atomic E-state index is -3.55. The van der Waals surface area contributed by atoms with Gasteiger partial charge in [0.2, 0.25) is 10.0 Å². The number of sulfonamides is 1. The van der Waals surface area contributed by atoms with Gasteiger partial charge in [0.1, 0.15) is 11.6 Å². The number of aromatic nitrogens is 4. The van der Waals surface area contributed by atoms with Crippen molar-refractivity contribution in [2.45, 2.75) is 20.3 Å². The summed E-state index contributed by atoms with van der Waals surface area (Å²) in [6.45, 7) is 5.82. The van der Waals surface area contributed by atoms with E-state index in [1.807, 2.05) is 72.3 Å². The molecule has 1 saturated heterocycles. The number of para-hydroxylation sites is 1. The first-order chi connectivity index (χ1) is 19.9. The third-order valence-corrected chi connectivity index (χ3v) is 8.91. The zero-order valence-electron chi connectivity index (χ0n) is 23.2. The average Bonchev–Trinajstić information content (AvgIpc) is 3.34. The van der Waals surface area contributed by atoms with E-state index in [1.54, 1.807) is 6.08 Å². The Morgan fingerprint density at radius 3 is 2.15 bits per heavy atom. The molecule has 0 atom stereocenters. The molecule has 0 unspecified atom stereocenters. The van der Waals surface area contributed by atoms with E-state index in [9.17, 15) is 8.42 Å². The summed E-state index contributed by atoms with van der Waals surface area (Å²) in [5.74, 6) is 1.50. The zero-order valence-corrected chi connectivity index (χ0v) is 24.0. The molecule has 6 rings (SSSR count). The van der Waals surface area contributed by atoms with Crippen LogP contribution >= 0.6 is 0 Å². The molecule has 3 aromatic carbocycles. The Morgan fingerprint density at radius 2 is 1.46 bits per heavy atom. The summed E-state index contributed by atoms with van der Waals surface area (Å²) in [6, 6.07) is 27.8. The molecule has 1 fully saturated rings. The fourth-order valence-electron chi connectivity index (χ4n) is 5.12. The number of rotatable bonds is 7. The van der Waals surface area contributed by atoms with Crippen LogP contribution in [0.3, 0.4) is 0 Å². The summed E-state index contributed by atoms with van der Waals surface area (Å²) in [5.41, 5.74) is 5.70. The van der Waals surface area contributed by atoms with Gasteiger partial charge in [-0.15, -0.1) is 0 Å². The van der Waals surface area contributed by atoms with Crippen LogP contribution in [0.15, 0.2) is 90.3 Å². The first-order valence-electron chi connectivity index (χ1n) is 13.7. The van der Waals surface area contributed by atoms with Crippen LogP contribution in [-0.2, 0) is 16.4 Å². The Morgan fingerprint density at radius 1 is 0.805 bits per heavy atom. The average molecular weight is 565 g/mol. The van der Waals surface area contributed by atoms with Crippen molar-refractivity contribution < 1.29 is 8.42 Å². The Balaban J connectivity index is 1.32. The summed E-state index contributed by atoms with van der Waals surface area (Å²) in [7, 11) is -3.55. The highest BCUT2D eigenvalue weighted by Crippen LogP contribution is 2.30. The van der Waals surface area contributed by atoms with Crippen LogP contribution in [0.25, 0.3) is 22.8 Å². The fraction of sp³-hybridized carbons (Fsp3) is 0.219. The van der Waals surface area contributed by atoms with Gasteiger partial charge in [0, 0.05) is 38.0 Å². The van der Waals surface area contributed by atoms with Crippen molar-refractivity contribution in [2.75, 3.05) is 31.1 Å². The van der Waals surface area contributed by atoms with E-state index in [-0.39, 0.29) is 0 Å². The molecule has 0 amide bonds. The maximum atomic E-state index is 13.1. The van der Waals surface area contributed by atoms with Crippen LogP contribution < -0.4 is 4.90 Å². The van der Waals surface area contributed by atoms with Crippen molar-refractivity contribution in [1.29, 1.82) is 0 Å². The predicted molar refractivity (Wildman–Crippen MR) is 164 cm³/mol. The number of fused-ring (bicyclic) bond motifs is 1. The second-order valence-corrected chi connectivity index (χ2v) is 12.1. The lowest BCUT2D eigenvalue weighted by Crippen LogP contribution is -2.48. The van der Waals surface area contributed by atoms with Gasteiger partial charge < -0.3 is 4.90 Å². The summed E-state index contributed by atoms with van der Waals surface area (Å²) < 4.78 is 29.6. The van der Waals surface area contributed by atoms with Crippen LogP contribution in [0.5, 0.6) is 0 Å². The largest absolute Gasteiger partial charge is 0.353 e. The smallest absolute Gasteiger partial charge is 0.236 e. The quantitative estimate of drug-likeness (QED) is 0.272. The lowest BCUT2D eigenvalue weighted by Gasteiger charge is -2.34. The molecule has 0 saturated carbocycles. The van der Waals surface area contributed by atoms with E-state index in [4.69, 9.17) is 15.1 Å². The Kier molecular flexibility index (Phi) is 7.38. The van der Waals surface area contributed by atoms with Crippen LogP contribution in [0.4, 0.5) is 5.82 Å². The summed E-state index contributed by atoms with van der Waals surface area (Å²) in [6.07, 6.45) is 2.23. The van der Waals surface area contributed by atoms with Gasteiger partial charge in [0.15, 0.2) is 5.65 Å². The summed E-state index contributed by atoms with van der Waals surface area (Å²) in [4.78, 5) is 12.2. The molecule has 9 heteroatoms. The molecule has 0 aliphatic carbocycles. The number of aryl methyl sites for hydroxylation is 2. The van der Waals surface area contributed by atoms with Crippen molar-refractivity contribution >= 4 is 33.0 Å². The molecule has 1 aliphatic rings. The fourth-order valence-corrected chi connectivity index (χ4v) is 6.29. The number of benzene rings is 3. The third-order valence-electron chi connectivity index (χ3n) is 7.34. The Labute approximate surface area is 240 Å². The van der Waals surface area contributed by atoms with Crippen LogP contribution in [0.1, 0.15) is 28.2 Å². The topological polar surface area (TPSA) is 84.2 Å². The summed E-state index contributed by atoms with van der Waals surface area (Å²) >= 11 is 0. The minimum absolute atomic E-state index is 0.367. The van der Waals surface area contributed by atoms with Crippen molar-refractivity contribution in [3.8, 4) is 5.69 Å². The summed E-state index contributed by atoms with van der Waals surface area (Å²) in [5, 5.41) is 7.05. The van der Waals surface area contributed by atoms with E-state index in [1.165, 1.54) is 15.3 Å². The molecule has 0 bridgehead atoms.